The number of benzene rings is 11. The largest absolute Gasteiger partial charge is 0.454 e. The SMILES string of the molecule is CC(C)c1cc(C(C)C)c(B2c3cccc(N4c5ccccc5[Si](c5ccccc5)(c5ccccc5)c5ccccc54)c3Oc3c2cccc3N2c3ccccc3[Si](c3ccccc3)(c3ccccc3)c3ccccc32)c(C(C)C)c1. The van der Waals surface area contributed by atoms with Gasteiger partial charge < -0.3 is 14.5 Å². The second-order valence-electron chi connectivity index (χ2n) is 23.2. The van der Waals surface area contributed by atoms with Crippen molar-refractivity contribution in [3.63, 3.8) is 0 Å². The fourth-order valence-corrected chi connectivity index (χ4v) is 24.6. The van der Waals surface area contributed by atoms with E-state index in [0.717, 1.165) is 22.9 Å². The van der Waals surface area contributed by atoms with Gasteiger partial charge in [0.1, 0.15) is 11.5 Å². The highest BCUT2D eigenvalue weighted by Gasteiger charge is 2.52. The summed E-state index contributed by atoms with van der Waals surface area (Å²) >= 11 is 0. The van der Waals surface area contributed by atoms with E-state index in [1.54, 1.807) is 0 Å². The van der Waals surface area contributed by atoms with Crippen molar-refractivity contribution in [2.75, 3.05) is 9.80 Å². The molecule has 3 aliphatic rings. The van der Waals surface area contributed by atoms with Crippen LogP contribution < -0.4 is 72.4 Å². The Hall–Kier alpha value is -8.68. The zero-order valence-electron chi connectivity index (χ0n) is 47.0. The molecule has 3 heterocycles. The topological polar surface area (TPSA) is 15.7 Å². The highest BCUT2D eigenvalue weighted by atomic mass is 28.3. The van der Waals surface area contributed by atoms with Gasteiger partial charge in [-0.2, -0.15) is 0 Å². The van der Waals surface area contributed by atoms with Crippen LogP contribution in [0.3, 0.4) is 0 Å². The number of fused-ring (bicyclic) bond motifs is 6. The van der Waals surface area contributed by atoms with E-state index < -0.39 is 16.1 Å². The Morgan fingerprint density at radius 3 is 0.889 bits per heavy atom. The second kappa shape index (κ2) is 20.1. The molecule has 0 bridgehead atoms. The van der Waals surface area contributed by atoms with E-state index in [9.17, 15) is 0 Å². The van der Waals surface area contributed by atoms with Crippen LogP contribution in [-0.4, -0.2) is 22.9 Å². The maximum atomic E-state index is 8.10. The Kier molecular flexibility index (Phi) is 12.6. The lowest BCUT2D eigenvalue weighted by Crippen LogP contribution is -2.77. The molecular weight excluding hydrogens is 1010 g/mol. The molecule has 11 aromatic rings. The number of anilines is 6. The van der Waals surface area contributed by atoms with E-state index in [2.05, 4.69) is 318 Å². The van der Waals surface area contributed by atoms with Gasteiger partial charge >= 0.3 is 0 Å². The Bertz CT molecular complexity index is 3730. The van der Waals surface area contributed by atoms with Crippen LogP contribution in [0.5, 0.6) is 11.5 Å². The number of nitrogens with zero attached hydrogens (tertiary/aromatic N) is 2. The normalized spacial score (nSPS) is 14.4. The van der Waals surface area contributed by atoms with Crippen molar-refractivity contribution in [3.05, 3.63) is 284 Å². The van der Waals surface area contributed by atoms with Gasteiger partial charge in [0.05, 0.1) is 11.4 Å². The monoisotopic (exact) mass is 1080 g/mol. The molecule has 0 unspecified atom stereocenters. The first-order valence-electron chi connectivity index (χ1n) is 29.0. The lowest BCUT2D eigenvalue weighted by molar-refractivity contribution is 0.489. The van der Waals surface area contributed by atoms with E-state index >= 15 is 0 Å². The highest BCUT2D eigenvalue weighted by molar-refractivity contribution is 7.22. The summed E-state index contributed by atoms with van der Waals surface area (Å²) in [6.45, 7) is 14.1. The zero-order chi connectivity index (χ0) is 55.0. The number of ether oxygens (including phenoxy) is 1. The third kappa shape index (κ3) is 7.67. The Morgan fingerprint density at radius 2 is 0.593 bits per heavy atom. The first-order chi connectivity index (χ1) is 39.7. The summed E-state index contributed by atoms with van der Waals surface area (Å²) in [5, 5.41) is 10.9. The molecule has 0 aliphatic carbocycles. The molecule has 0 spiro atoms. The molecule has 14 rings (SSSR count). The van der Waals surface area contributed by atoms with Gasteiger partial charge in [-0.25, -0.2) is 0 Å². The average molecular weight is 1080 g/mol. The predicted molar refractivity (Wildman–Crippen MR) is 350 cm³/mol. The van der Waals surface area contributed by atoms with Crippen molar-refractivity contribution in [1.82, 2.24) is 0 Å². The van der Waals surface area contributed by atoms with Crippen molar-refractivity contribution in [2.24, 2.45) is 0 Å². The molecule has 81 heavy (non-hydrogen) atoms. The molecule has 0 saturated heterocycles. The van der Waals surface area contributed by atoms with Gasteiger partial charge in [-0.05, 0) is 123 Å². The van der Waals surface area contributed by atoms with Gasteiger partial charge in [0.15, 0.2) is 16.1 Å². The van der Waals surface area contributed by atoms with E-state index in [1.807, 2.05) is 0 Å². The van der Waals surface area contributed by atoms with E-state index in [-0.39, 0.29) is 18.5 Å². The van der Waals surface area contributed by atoms with Crippen LogP contribution >= 0.6 is 0 Å². The molecule has 3 aliphatic heterocycles. The van der Waals surface area contributed by atoms with Crippen LogP contribution in [0.15, 0.2) is 267 Å². The first-order valence-corrected chi connectivity index (χ1v) is 33.0. The molecular formula is C75H65BN2OSi2. The quantitative estimate of drug-likeness (QED) is 0.127. The highest BCUT2D eigenvalue weighted by Crippen LogP contribution is 2.49. The molecule has 0 atom stereocenters. The number of hydrogen-bond acceptors (Lipinski definition) is 3. The predicted octanol–water partition coefficient (Wildman–Crippen LogP) is 12.0. The fraction of sp³-hybridized carbons (Fsp3) is 0.120. The molecule has 0 N–H and O–H groups in total. The molecule has 0 radical (unpaired) electrons. The van der Waals surface area contributed by atoms with E-state index in [1.165, 1.54) is 97.3 Å². The van der Waals surface area contributed by atoms with Crippen LogP contribution in [0.2, 0.25) is 0 Å². The lowest BCUT2D eigenvalue weighted by atomic mass is 9.33. The van der Waals surface area contributed by atoms with Crippen molar-refractivity contribution in [2.45, 2.75) is 59.3 Å². The standard InChI is InChI=1S/C75H65BN2OSi2/c1-51(2)54-49-59(52(3)4)73(60(50-54)53(5)6)76-61-37-27-43-67(77-63-39-19-23-45-69(63)80(55-29-11-7-12-30-55,56-31-13-8-14-32-56)70-46-24-20-40-64(70)77)74(61)79-75-62(76)38-28-44-68(75)78-65-41-21-25-47-71(65)81(57-33-15-9-16-34-57,58-35-17-10-18-36-58)72-48-26-22-42-66(72)78/h7-53H,1-6H3. The third-order valence-electron chi connectivity index (χ3n) is 17.8. The van der Waals surface area contributed by atoms with Gasteiger partial charge in [-0.15, -0.1) is 0 Å². The van der Waals surface area contributed by atoms with Crippen LogP contribution in [0.1, 0.15) is 76.0 Å². The average Bonchev–Trinajstić information content (AvgIpc) is 3.63. The van der Waals surface area contributed by atoms with Crippen LogP contribution in [0, 0.1) is 0 Å². The number of hydrogen-bond donors (Lipinski definition) is 0. The summed E-state index contributed by atoms with van der Waals surface area (Å²) in [6.07, 6.45) is 0. The molecule has 3 nitrogen and oxygen atoms in total. The minimum atomic E-state index is -2.91. The van der Waals surface area contributed by atoms with Crippen LogP contribution in [0.4, 0.5) is 34.1 Å². The molecule has 0 saturated carbocycles. The van der Waals surface area contributed by atoms with Crippen molar-refractivity contribution in [3.8, 4) is 11.5 Å². The summed E-state index contributed by atoms with van der Waals surface area (Å²) < 4.78 is 8.10. The molecule has 392 valence electrons. The summed E-state index contributed by atoms with van der Waals surface area (Å²) in [5.74, 6) is 2.68. The Morgan fingerprint density at radius 1 is 0.309 bits per heavy atom. The number of para-hydroxylation sites is 6. The Labute approximate surface area is 480 Å². The zero-order valence-corrected chi connectivity index (χ0v) is 49.0. The number of rotatable bonds is 10. The lowest BCUT2D eigenvalue weighted by Gasteiger charge is -2.46. The fourth-order valence-electron chi connectivity index (χ4n) is 14.4. The molecule has 11 aromatic carbocycles. The van der Waals surface area contributed by atoms with E-state index in [0.29, 0.717) is 5.92 Å². The molecule has 0 amide bonds. The summed E-state index contributed by atoms with van der Waals surface area (Å²) in [7, 11) is -5.82. The summed E-state index contributed by atoms with van der Waals surface area (Å²) in [5.41, 5.74) is 14.7. The van der Waals surface area contributed by atoms with Gasteiger partial charge in [-0.3, -0.25) is 0 Å². The molecule has 0 aromatic heterocycles. The summed E-state index contributed by atoms with van der Waals surface area (Å²) in [6, 6.07) is 101. The van der Waals surface area contributed by atoms with Gasteiger partial charge in [0, 0.05) is 22.7 Å². The van der Waals surface area contributed by atoms with Crippen molar-refractivity contribution >= 4 is 115 Å². The minimum Gasteiger partial charge on any atom is -0.454 e. The minimum absolute atomic E-state index is 0.158. The Balaban J connectivity index is 1.07. The van der Waals surface area contributed by atoms with Crippen LogP contribution in [-0.2, 0) is 0 Å². The molecule has 6 heteroatoms. The maximum absolute atomic E-state index is 8.10. The molecule has 0 fully saturated rings. The summed E-state index contributed by atoms with van der Waals surface area (Å²) in [4.78, 5) is 5.09. The van der Waals surface area contributed by atoms with Gasteiger partial charge in [0.2, 0.25) is 0 Å². The van der Waals surface area contributed by atoms with E-state index in [4.69, 9.17) is 4.74 Å². The maximum Gasteiger partial charge on any atom is 0.251 e. The smallest absolute Gasteiger partial charge is 0.251 e. The van der Waals surface area contributed by atoms with Crippen molar-refractivity contribution < 1.29 is 4.74 Å². The van der Waals surface area contributed by atoms with Gasteiger partial charge in [-0.1, -0.05) is 278 Å². The van der Waals surface area contributed by atoms with Gasteiger partial charge in [0.25, 0.3) is 6.71 Å². The van der Waals surface area contributed by atoms with Crippen LogP contribution in [0.25, 0.3) is 0 Å². The second-order valence-corrected chi connectivity index (χ2v) is 30.7. The van der Waals surface area contributed by atoms with Crippen molar-refractivity contribution in [1.29, 1.82) is 0 Å². The first kappa shape index (κ1) is 50.5. The third-order valence-corrected chi connectivity index (χ3v) is 27.6.